The Balaban J connectivity index is 2.73. The molecule has 5 heteroatoms. The maximum absolute atomic E-state index is 11.7. The van der Waals surface area contributed by atoms with Gasteiger partial charge in [-0.1, -0.05) is 17.7 Å². The van der Waals surface area contributed by atoms with Crippen molar-refractivity contribution in [1.82, 2.24) is 0 Å². The van der Waals surface area contributed by atoms with Crippen LogP contribution >= 0.6 is 0 Å². The molecule has 0 saturated heterocycles. The van der Waals surface area contributed by atoms with Crippen LogP contribution in [0.25, 0.3) is 0 Å². The molecule has 0 radical (unpaired) electrons. The van der Waals surface area contributed by atoms with Crippen molar-refractivity contribution >= 4 is 10.0 Å². The number of benzene rings is 1. The molecule has 1 rings (SSSR count). The van der Waals surface area contributed by atoms with Gasteiger partial charge >= 0.3 is 0 Å². The zero-order valence-corrected chi connectivity index (χ0v) is 9.42. The van der Waals surface area contributed by atoms with E-state index in [-0.39, 0.29) is 13.2 Å². The molecule has 1 unspecified atom stereocenters. The van der Waals surface area contributed by atoms with E-state index in [2.05, 4.69) is 0 Å². The Bertz CT molecular complexity index is 397. The van der Waals surface area contributed by atoms with Gasteiger partial charge in [0.1, 0.15) is 0 Å². The fraction of sp³-hybridized carbons (Fsp3) is 0.400. The smallest absolute Gasteiger partial charge is 0.190 e. The number of aliphatic hydroxyl groups excluding tert-OH is 1. The Morgan fingerprint density at radius 1 is 1.40 bits per heavy atom. The molecule has 0 amide bonds. The average molecular weight is 229 g/mol. The molecule has 15 heavy (non-hydrogen) atoms. The molecule has 1 aromatic rings. The fourth-order valence-corrected chi connectivity index (χ4v) is 2.01. The highest BCUT2D eigenvalue weighted by atomic mass is 32.2. The Kier molecular flexibility index (Phi) is 4.26. The van der Waals surface area contributed by atoms with Crippen molar-refractivity contribution in [2.24, 2.45) is 0 Å². The lowest BCUT2D eigenvalue weighted by Gasteiger charge is -2.07. The van der Waals surface area contributed by atoms with Crippen LogP contribution in [0, 0.1) is 11.7 Å². The summed E-state index contributed by atoms with van der Waals surface area (Å²) in [6.07, 6.45) is 0.391. The van der Waals surface area contributed by atoms with E-state index >= 15 is 0 Å². The Labute approximate surface area is 90.1 Å². The lowest BCUT2D eigenvalue weighted by molar-refractivity contribution is 0.242. The van der Waals surface area contributed by atoms with Crippen molar-refractivity contribution in [3.05, 3.63) is 29.8 Å². The molecule has 1 atom stereocenters. The molecule has 84 valence electrons. The third-order valence-corrected chi connectivity index (χ3v) is 3.27. The van der Waals surface area contributed by atoms with Gasteiger partial charge in [-0.15, -0.1) is 0 Å². The second-order valence-corrected chi connectivity index (χ2v) is 4.93. The summed E-state index contributed by atoms with van der Waals surface area (Å²) in [7, 11) is -3.16. The normalized spacial score (nSPS) is 14.8. The predicted octanol–water partition coefficient (Wildman–Crippen LogP) is 1.71. The van der Waals surface area contributed by atoms with E-state index in [1.54, 1.807) is 24.3 Å². The van der Waals surface area contributed by atoms with Crippen molar-refractivity contribution in [3.8, 4) is 0 Å². The van der Waals surface area contributed by atoms with Gasteiger partial charge in [-0.25, -0.2) is 8.99 Å². The van der Waals surface area contributed by atoms with Gasteiger partial charge in [0.05, 0.1) is 11.5 Å². The first-order chi connectivity index (χ1) is 7.06. The highest BCUT2D eigenvalue weighted by Crippen LogP contribution is 2.13. The zero-order valence-electron chi connectivity index (χ0n) is 8.60. The van der Waals surface area contributed by atoms with Crippen LogP contribution in [0.5, 0.6) is 0 Å². The number of rotatable bonds is 5. The van der Waals surface area contributed by atoms with Crippen molar-refractivity contribution in [3.63, 3.8) is 0 Å². The molecule has 0 spiro atoms. The molecule has 0 aliphatic rings. The Hall–Kier alpha value is -0.910. The second-order valence-electron chi connectivity index (χ2n) is 3.22. The fourth-order valence-electron chi connectivity index (χ4n) is 1.03. The largest absolute Gasteiger partial charge is 0.396 e. The zero-order chi connectivity index (χ0) is 11.3. The van der Waals surface area contributed by atoms with Crippen LogP contribution in [-0.4, -0.2) is 22.5 Å². The molecule has 0 aliphatic heterocycles. The minimum Gasteiger partial charge on any atom is -0.396 e. The van der Waals surface area contributed by atoms with Gasteiger partial charge in [-0.05, 0) is 25.5 Å². The Morgan fingerprint density at radius 2 is 2.00 bits per heavy atom. The highest BCUT2D eigenvalue weighted by molar-refractivity contribution is 7.87. The lowest BCUT2D eigenvalue weighted by atomic mass is 10.2. The minimum atomic E-state index is -3.16. The molecule has 0 fully saturated rings. The van der Waals surface area contributed by atoms with E-state index in [1.165, 1.54) is 0 Å². The van der Waals surface area contributed by atoms with Crippen LogP contribution in [0.4, 0.5) is 0 Å². The SMILES string of the molecule is Cc1ccc(S(=N)(=O)OCCCO)cc1. The van der Waals surface area contributed by atoms with E-state index < -0.39 is 10.0 Å². The van der Waals surface area contributed by atoms with Gasteiger partial charge in [0, 0.05) is 6.61 Å². The summed E-state index contributed by atoms with van der Waals surface area (Å²) in [6.45, 7) is 2.03. The van der Waals surface area contributed by atoms with Crippen LogP contribution in [0.2, 0.25) is 0 Å². The number of aliphatic hydroxyl groups is 1. The number of hydrogen-bond donors (Lipinski definition) is 2. The Morgan fingerprint density at radius 3 is 2.53 bits per heavy atom. The minimum absolute atomic E-state index is 0.0244. The standard InChI is InChI=1S/C10H15NO3S/c1-9-3-5-10(6-4-9)15(11,13)14-8-2-7-12/h3-6,11-12H,2,7-8H2,1H3. The topological polar surface area (TPSA) is 70.4 Å². The van der Waals surface area contributed by atoms with E-state index in [1.807, 2.05) is 6.92 Å². The summed E-state index contributed by atoms with van der Waals surface area (Å²) in [5.41, 5.74) is 1.05. The first kappa shape index (κ1) is 12.2. The lowest BCUT2D eigenvalue weighted by Crippen LogP contribution is -2.06. The summed E-state index contributed by atoms with van der Waals surface area (Å²) in [4.78, 5) is 0.367. The third kappa shape index (κ3) is 3.62. The summed E-state index contributed by atoms with van der Waals surface area (Å²) >= 11 is 0. The summed E-state index contributed by atoms with van der Waals surface area (Å²) < 4.78 is 24.2. The molecule has 0 bridgehead atoms. The quantitative estimate of drug-likeness (QED) is 0.755. The van der Waals surface area contributed by atoms with Crippen molar-refractivity contribution in [2.75, 3.05) is 13.2 Å². The second kappa shape index (κ2) is 5.25. The van der Waals surface area contributed by atoms with Gasteiger partial charge in [0.15, 0.2) is 10.0 Å². The van der Waals surface area contributed by atoms with Gasteiger partial charge in [-0.2, -0.15) is 0 Å². The van der Waals surface area contributed by atoms with Crippen molar-refractivity contribution < 1.29 is 13.5 Å². The molecule has 0 saturated carbocycles. The molecular formula is C10H15NO3S. The van der Waals surface area contributed by atoms with Gasteiger partial charge in [-0.3, -0.25) is 4.18 Å². The first-order valence-electron chi connectivity index (χ1n) is 4.67. The first-order valence-corrected chi connectivity index (χ1v) is 6.15. The number of hydrogen-bond acceptors (Lipinski definition) is 4. The molecule has 2 N–H and O–H groups in total. The maximum atomic E-state index is 11.7. The van der Waals surface area contributed by atoms with Crippen LogP contribution in [-0.2, 0) is 14.2 Å². The predicted molar refractivity (Wildman–Crippen MR) is 58.0 cm³/mol. The van der Waals surface area contributed by atoms with E-state index in [0.29, 0.717) is 11.3 Å². The summed E-state index contributed by atoms with van der Waals surface area (Å²) in [6, 6.07) is 6.84. The number of nitrogens with one attached hydrogen (secondary N) is 1. The van der Waals surface area contributed by atoms with Crippen LogP contribution in [0.15, 0.2) is 29.2 Å². The molecule has 0 aliphatic carbocycles. The third-order valence-electron chi connectivity index (χ3n) is 1.88. The van der Waals surface area contributed by atoms with Crippen LogP contribution < -0.4 is 0 Å². The van der Waals surface area contributed by atoms with Crippen LogP contribution in [0.3, 0.4) is 0 Å². The number of aryl methyl sites for hydroxylation is 1. The van der Waals surface area contributed by atoms with E-state index in [0.717, 1.165) is 5.56 Å². The van der Waals surface area contributed by atoms with E-state index in [4.69, 9.17) is 14.1 Å². The average Bonchev–Trinajstić information content (AvgIpc) is 2.18. The molecular weight excluding hydrogens is 214 g/mol. The summed E-state index contributed by atoms with van der Waals surface area (Å²) in [5.74, 6) is 0. The van der Waals surface area contributed by atoms with Gasteiger partial charge < -0.3 is 5.11 Å². The van der Waals surface area contributed by atoms with Crippen LogP contribution in [0.1, 0.15) is 12.0 Å². The van der Waals surface area contributed by atoms with Crippen molar-refractivity contribution in [2.45, 2.75) is 18.2 Å². The van der Waals surface area contributed by atoms with E-state index in [9.17, 15) is 4.21 Å². The van der Waals surface area contributed by atoms with Crippen molar-refractivity contribution in [1.29, 1.82) is 4.78 Å². The van der Waals surface area contributed by atoms with Gasteiger partial charge in [0.2, 0.25) is 0 Å². The molecule has 1 aromatic carbocycles. The molecule has 4 nitrogen and oxygen atoms in total. The van der Waals surface area contributed by atoms with Gasteiger partial charge in [0.25, 0.3) is 0 Å². The monoisotopic (exact) mass is 229 g/mol. The molecule has 0 aromatic heterocycles. The maximum Gasteiger partial charge on any atom is 0.190 e. The molecule has 0 heterocycles. The summed E-state index contributed by atoms with van der Waals surface area (Å²) in [5, 5.41) is 8.54. The highest BCUT2D eigenvalue weighted by Gasteiger charge is 2.09.